The number of carbonyl (C=O) groups is 4. The Balaban J connectivity index is 1.71. The number of nitrogens with two attached hydrogens (primary N) is 2. The standard InChI is InChI=1S/C39H56N6O6/c1-26(2)19-36(39(50)51)45(27(3)47)24-33(22-28-11-5-4-6-12-28)43-38(49)35(25-46)44-37(48)34(15-9-10-18-40)42-23-32(41)21-29-16-17-30-13-7-8-14-31(30)20-29/h4-8,11-14,16-17,20,26,32-36,42,46H,9-10,15,18-19,21-25,40-41H2,1-3H3,(H,43,49)(H,44,48)(H,50,51). The molecule has 12 nitrogen and oxygen atoms in total. The topological polar surface area (TPSA) is 200 Å². The van der Waals surface area contributed by atoms with Gasteiger partial charge in [0, 0.05) is 26.1 Å². The van der Waals surface area contributed by atoms with Crippen LogP contribution < -0.4 is 27.4 Å². The van der Waals surface area contributed by atoms with E-state index in [2.05, 4.69) is 40.2 Å². The molecule has 0 fully saturated rings. The second kappa shape index (κ2) is 21.1. The number of rotatable bonds is 22. The lowest BCUT2D eigenvalue weighted by Gasteiger charge is -2.33. The predicted octanol–water partition coefficient (Wildman–Crippen LogP) is 2.35. The van der Waals surface area contributed by atoms with E-state index in [1.807, 2.05) is 62.4 Å². The molecule has 3 aromatic carbocycles. The van der Waals surface area contributed by atoms with Crippen LogP contribution in [0.5, 0.6) is 0 Å². The summed E-state index contributed by atoms with van der Waals surface area (Å²) in [5.74, 6) is -2.68. The van der Waals surface area contributed by atoms with Crippen LogP contribution in [-0.2, 0) is 32.0 Å². The van der Waals surface area contributed by atoms with Crippen molar-refractivity contribution < 1.29 is 29.4 Å². The molecule has 0 heterocycles. The Bertz CT molecular complexity index is 1550. The lowest BCUT2D eigenvalue weighted by Crippen LogP contribution is -2.58. The minimum absolute atomic E-state index is 0.00346. The van der Waals surface area contributed by atoms with Crippen molar-refractivity contribution in [2.45, 2.75) is 89.5 Å². The van der Waals surface area contributed by atoms with Gasteiger partial charge in [0.2, 0.25) is 17.7 Å². The zero-order valence-electron chi connectivity index (χ0n) is 30.1. The number of aliphatic hydroxyl groups is 1. The van der Waals surface area contributed by atoms with Crippen molar-refractivity contribution in [2.75, 3.05) is 26.2 Å². The van der Waals surface area contributed by atoms with Gasteiger partial charge in [0.25, 0.3) is 0 Å². The van der Waals surface area contributed by atoms with E-state index in [1.165, 1.54) is 11.8 Å². The predicted molar refractivity (Wildman–Crippen MR) is 200 cm³/mol. The van der Waals surface area contributed by atoms with Crippen molar-refractivity contribution in [3.8, 4) is 0 Å². The van der Waals surface area contributed by atoms with Crippen molar-refractivity contribution in [3.63, 3.8) is 0 Å². The molecule has 3 rings (SSSR count). The van der Waals surface area contributed by atoms with Crippen LogP contribution in [0.25, 0.3) is 10.8 Å². The molecule has 0 bridgehead atoms. The molecule has 5 unspecified atom stereocenters. The van der Waals surface area contributed by atoms with Crippen LogP contribution in [0, 0.1) is 5.92 Å². The van der Waals surface area contributed by atoms with Crippen LogP contribution in [0.1, 0.15) is 57.6 Å². The lowest BCUT2D eigenvalue weighted by molar-refractivity contribution is -0.150. The van der Waals surface area contributed by atoms with Gasteiger partial charge in [-0.25, -0.2) is 4.79 Å². The summed E-state index contributed by atoms with van der Waals surface area (Å²) in [4.78, 5) is 53.5. The number of aliphatic hydroxyl groups excluding tert-OH is 1. The number of nitrogens with zero attached hydrogens (tertiary/aromatic N) is 1. The number of fused-ring (bicyclic) bond motifs is 1. The number of hydrogen-bond acceptors (Lipinski definition) is 8. The van der Waals surface area contributed by atoms with E-state index in [1.54, 1.807) is 0 Å². The van der Waals surface area contributed by atoms with Gasteiger partial charge in [0.05, 0.1) is 18.7 Å². The van der Waals surface area contributed by atoms with Gasteiger partial charge in [0.1, 0.15) is 12.1 Å². The smallest absolute Gasteiger partial charge is 0.326 e. The van der Waals surface area contributed by atoms with Gasteiger partial charge in [-0.1, -0.05) is 93.1 Å². The molecule has 0 saturated carbocycles. The largest absolute Gasteiger partial charge is 0.480 e. The third-order valence-corrected chi connectivity index (χ3v) is 8.87. The Kier molecular flexibility index (Phi) is 17.0. The van der Waals surface area contributed by atoms with Gasteiger partial charge < -0.3 is 42.5 Å². The van der Waals surface area contributed by atoms with Crippen LogP contribution in [0.2, 0.25) is 0 Å². The molecule has 12 heteroatoms. The third kappa shape index (κ3) is 13.7. The average Bonchev–Trinajstić information content (AvgIpc) is 3.09. The molecule has 0 spiro atoms. The number of unbranched alkanes of at least 4 members (excludes halogenated alkanes) is 1. The first-order valence-corrected chi connectivity index (χ1v) is 17.8. The molecule has 9 N–H and O–H groups in total. The molecule has 3 aromatic rings. The van der Waals surface area contributed by atoms with Crippen LogP contribution in [0.15, 0.2) is 72.8 Å². The number of carboxylic acid groups (broad SMARTS) is 1. The van der Waals surface area contributed by atoms with Crippen molar-refractivity contribution in [1.82, 2.24) is 20.9 Å². The van der Waals surface area contributed by atoms with Crippen LogP contribution >= 0.6 is 0 Å². The van der Waals surface area contributed by atoms with Crippen molar-refractivity contribution in [2.24, 2.45) is 17.4 Å². The Morgan fingerprint density at radius 1 is 0.824 bits per heavy atom. The van der Waals surface area contributed by atoms with Crippen LogP contribution in [0.4, 0.5) is 0 Å². The van der Waals surface area contributed by atoms with Crippen molar-refractivity contribution in [3.05, 3.63) is 83.9 Å². The second-order valence-electron chi connectivity index (χ2n) is 13.7. The fraction of sp³-hybridized carbons (Fsp3) is 0.487. The normalized spacial score (nSPS) is 14.3. The maximum atomic E-state index is 13.6. The van der Waals surface area contributed by atoms with E-state index in [4.69, 9.17) is 11.5 Å². The van der Waals surface area contributed by atoms with Gasteiger partial charge in [-0.05, 0) is 66.5 Å². The van der Waals surface area contributed by atoms with E-state index < -0.39 is 54.5 Å². The fourth-order valence-corrected chi connectivity index (χ4v) is 6.20. The molecule has 0 saturated heterocycles. The molecule has 0 radical (unpaired) electrons. The summed E-state index contributed by atoms with van der Waals surface area (Å²) >= 11 is 0. The van der Waals surface area contributed by atoms with E-state index in [0.717, 1.165) is 21.9 Å². The minimum Gasteiger partial charge on any atom is -0.480 e. The molecule has 51 heavy (non-hydrogen) atoms. The number of carboxylic acids is 1. The van der Waals surface area contributed by atoms with E-state index in [-0.39, 0.29) is 31.3 Å². The van der Waals surface area contributed by atoms with Gasteiger partial charge in [0.15, 0.2) is 0 Å². The first-order valence-electron chi connectivity index (χ1n) is 17.8. The molecular weight excluding hydrogens is 648 g/mol. The Morgan fingerprint density at radius 2 is 1.49 bits per heavy atom. The Hall–Kier alpha value is -4.36. The Labute approximate surface area is 301 Å². The van der Waals surface area contributed by atoms with Crippen LogP contribution in [0.3, 0.4) is 0 Å². The Morgan fingerprint density at radius 3 is 2.12 bits per heavy atom. The molecule has 5 atom stereocenters. The van der Waals surface area contributed by atoms with Gasteiger partial charge in [-0.15, -0.1) is 0 Å². The SMILES string of the molecule is CC(=O)N(CC(Cc1ccccc1)NC(=O)C(CO)NC(=O)C(CCCCN)NCC(N)Cc1ccc2ccccc2c1)C(CC(C)C)C(=O)O. The lowest BCUT2D eigenvalue weighted by atomic mass is 10.00. The van der Waals surface area contributed by atoms with Gasteiger partial charge in [-0.2, -0.15) is 0 Å². The molecular formula is C39H56N6O6. The number of benzene rings is 3. The fourth-order valence-electron chi connectivity index (χ4n) is 6.20. The summed E-state index contributed by atoms with van der Waals surface area (Å²) < 4.78 is 0. The molecule has 0 aliphatic heterocycles. The number of amides is 3. The number of hydrogen-bond donors (Lipinski definition) is 7. The molecule has 0 aromatic heterocycles. The van der Waals surface area contributed by atoms with Crippen LogP contribution in [-0.4, -0.2) is 95.3 Å². The second-order valence-corrected chi connectivity index (χ2v) is 13.7. The monoisotopic (exact) mass is 704 g/mol. The van der Waals surface area contributed by atoms with Crippen molar-refractivity contribution >= 4 is 34.5 Å². The zero-order valence-corrected chi connectivity index (χ0v) is 30.1. The zero-order chi connectivity index (χ0) is 37.3. The summed E-state index contributed by atoms with van der Waals surface area (Å²) in [5, 5.41) is 31.3. The van der Waals surface area contributed by atoms with Gasteiger partial charge in [-0.3, -0.25) is 14.4 Å². The highest BCUT2D eigenvalue weighted by atomic mass is 16.4. The van der Waals surface area contributed by atoms with E-state index in [0.29, 0.717) is 38.8 Å². The average molecular weight is 705 g/mol. The molecule has 278 valence electrons. The summed E-state index contributed by atoms with van der Waals surface area (Å²) in [6.45, 7) is 5.12. The summed E-state index contributed by atoms with van der Waals surface area (Å²) in [7, 11) is 0. The highest BCUT2D eigenvalue weighted by Crippen LogP contribution is 2.17. The first-order chi connectivity index (χ1) is 24.4. The summed E-state index contributed by atoms with van der Waals surface area (Å²) in [6, 6.07) is 19.5. The first kappa shape index (κ1) is 41.1. The number of nitrogens with one attached hydrogen (secondary N) is 3. The summed E-state index contributed by atoms with van der Waals surface area (Å²) in [5.41, 5.74) is 14.1. The van der Waals surface area contributed by atoms with Gasteiger partial charge >= 0.3 is 5.97 Å². The minimum atomic E-state index is -1.29. The quantitative estimate of drug-likeness (QED) is 0.0767. The van der Waals surface area contributed by atoms with Crippen molar-refractivity contribution in [1.29, 1.82) is 0 Å². The number of aliphatic carboxylic acids is 1. The number of carbonyl (C=O) groups excluding carboxylic acids is 3. The maximum Gasteiger partial charge on any atom is 0.326 e. The highest BCUT2D eigenvalue weighted by Gasteiger charge is 2.32. The molecule has 0 aliphatic rings. The summed E-state index contributed by atoms with van der Waals surface area (Å²) in [6.07, 6.45) is 2.94. The highest BCUT2D eigenvalue weighted by molar-refractivity contribution is 5.90. The third-order valence-electron chi connectivity index (χ3n) is 8.87. The molecule has 3 amide bonds. The molecule has 0 aliphatic carbocycles. The maximum absolute atomic E-state index is 13.6. The van der Waals surface area contributed by atoms with E-state index in [9.17, 15) is 29.4 Å². The van der Waals surface area contributed by atoms with E-state index >= 15 is 0 Å².